The molecule has 2 heterocycles. The van der Waals surface area contributed by atoms with Crippen molar-refractivity contribution in [3.8, 4) is 5.75 Å². The molecule has 0 saturated carbocycles. The van der Waals surface area contributed by atoms with Gasteiger partial charge in [-0.2, -0.15) is 0 Å². The first-order chi connectivity index (χ1) is 16.8. The second-order valence-electron chi connectivity index (χ2n) is 8.49. The number of ether oxygens (including phenoxy) is 2. The molecular weight excluding hydrogens is 539 g/mol. The minimum atomic E-state index is -0.537. The summed E-state index contributed by atoms with van der Waals surface area (Å²) in [6.07, 6.45) is 5.72. The molecule has 1 aliphatic heterocycles. The lowest BCUT2D eigenvalue weighted by Crippen LogP contribution is -2.17. The molecule has 184 valence electrons. The lowest BCUT2D eigenvalue weighted by atomic mass is 10.0. The third-order valence-corrected chi connectivity index (χ3v) is 6.24. The highest BCUT2D eigenvalue weighted by Crippen LogP contribution is 2.34. The van der Waals surface area contributed by atoms with E-state index in [-0.39, 0.29) is 27.8 Å². The number of nitrogens with one attached hydrogen (secondary N) is 1. The molecule has 0 radical (unpaired) electrons. The van der Waals surface area contributed by atoms with Crippen LogP contribution < -0.4 is 10.1 Å². The molecule has 1 aliphatic rings. The minimum Gasteiger partial charge on any atom is -0.488 e. The van der Waals surface area contributed by atoms with Crippen molar-refractivity contribution in [3.05, 3.63) is 63.6 Å². The fourth-order valence-corrected chi connectivity index (χ4v) is 4.46. The maximum absolute atomic E-state index is 13.9. The van der Waals surface area contributed by atoms with E-state index >= 15 is 0 Å². The fourth-order valence-electron chi connectivity index (χ4n) is 3.67. The van der Waals surface area contributed by atoms with Crippen molar-refractivity contribution >= 4 is 55.7 Å². The van der Waals surface area contributed by atoms with Crippen LogP contribution in [0.4, 0.5) is 15.9 Å². The Labute approximate surface area is 216 Å². The first-order valence-electron chi connectivity index (χ1n) is 11.1. The third-order valence-electron chi connectivity index (χ3n) is 5.38. The Bertz CT molecular complexity index is 1240. The molecule has 4 rings (SSSR count). The van der Waals surface area contributed by atoms with Crippen LogP contribution in [-0.4, -0.2) is 60.6 Å². The lowest BCUT2D eigenvalue weighted by molar-refractivity contribution is -0.114. The van der Waals surface area contributed by atoms with Gasteiger partial charge < -0.3 is 19.7 Å². The van der Waals surface area contributed by atoms with Crippen molar-refractivity contribution in [2.75, 3.05) is 39.2 Å². The second kappa shape index (κ2) is 11.4. The van der Waals surface area contributed by atoms with Gasteiger partial charge in [0.1, 0.15) is 24.0 Å². The SMILES string of the molecule is CN(C)C/C=C/C(=O)Cc1cc2c(Nc3cc(Cl)c(F)c(Br)c3)ncnc2cc1OC1CCOC1. The zero-order valence-electron chi connectivity index (χ0n) is 19.4. The monoisotopic (exact) mass is 562 g/mol. The Morgan fingerprint density at radius 1 is 1.34 bits per heavy atom. The van der Waals surface area contributed by atoms with Gasteiger partial charge in [-0.25, -0.2) is 14.4 Å². The molecule has 10 heteroatoms. The van der Waals surface area contributed by atoms with Gasteiger partial charge in [-0.1, -0.05) is 17.7 Å². The van der Waals surface area contributed by atoms with Gasteiger partial charge in [0.15, 0.2) is 11.6 Å². The topological polar surface area (TPSA) is 76.6 Å². The number of halogens is 3. The van der Waals surface area contributed by atoms with Crippen LogP contribution in [0.3, 0.4) is 0 Å². The average molecular weight is 564 g/mol. The number of ketones is 1. The smallest absolute Gasteiger partial charge is 0.159 e. The van der Waals surface area contributed by atoms with Crippen molar-refractivity contribution in [1.29, 1.82) is 0 Å². The molecule has 0 spiro atoms. The van der Waals surface area contributed by atoms with Crippen molar-refractivity contribution in [2.45, 2.75) is 18.9 Å². The van der Waals surface area contributed by atoms with E-state index in [1.54, 1.807) is 12.1 Å². The number of hydrogen-bond donors (Lipinski definition) is 1. The number of anilines is 2. The highest BCUT2D eigenvalue weighted by molar-refractivity contribution is 9.10. The highest BCUT2D eigenvalue weighted by atomic mass is 79.9. The summed E-state index contributed by atoms with van der Waals surface area (Å²) in [5.41, 5.74) is 1.92. The van der Waals surface area contributed by atoms with Gasteiger partial charge in [0.2, 0.25) is 0 Å². The zero-order chi connectivity index (χ0) is 24.9. The molecule has 35 heavy (non-hydrogen) atoms. The standard InChI is InChI=1S/C25H25BrClFN4O3/c1-32(2)6-3-4-17(33)8-15-9-19-22(12-23(15)35-18-5-7-34-13-18)29-14-30-25(19)31-16-10-20(26)24(28)21(27)11-16/h3-4,9-12,14,18H,5-8,13H2,1-2H3,(H,29,30,31)/b4-3+. The van der Waals surface area contributed by atoms with Crippen LogP contribution in [0.15, 0.2) is 47.2 Å². The molecular formula is C25H25BrClFN4O3. The van der Waals surface area contributed by atoms with E-state index < -0.39 is 5.82 Å². The lowest BCUT2D eigenvalue weighted by Gasteiger charge is -2.17. The van der Waals surface area contributed by atoms with Crippen molar-refractivity contribution in [1.82, 2.24) is 14.9 Å². The molecule has 2 aromatic carbocycles. The molecule has 3 aromatic rings. The molecule has 0 bridgehead atoms. The molecule has 0 amide bonds. The molecule has 7 nitrogen and oxygen atoms in total. The van der Waals surface area contributed by atoms with Gasteiger partial charge >= 0.3 is 0 Å². The van der Waals surface area contributed by atoms with E-state index in [9.17, 15) is 9.18 Å². The van der Waals surface area contributed by atoms with E-state index in [0.29, 0.717) is 47.9 Å². The molecule has 1 atom stereocenters. The van der Waals surface area contributed by atoms with E-state index in [1.165, 1.54) is 12.4 Å². The predicted molar refractivity (Wildman–Crippen MR) is 138 cm³/mol. The number of aromatic nitrogens is 2. The van der Waals surface area contributed by atoms with Gasteiger partial charge in [0.05, 0.1) is 28.2 Å². The normalized spacial score (nSPS) is 15.9. The summed E-state index contributed by atoms with van der Waals surface area (Å²) in [7, 11) is 3.88. The molecule has 1 saturated heterocycles. The molecule has 0 aliphatic carbocycles. The van der Waals surface area contributed by atoms with E-state index in [4.69, 9.17) is 21.1 Å². The Balaban J connectivity index is 1.70. The zero-order valence-corrected chi connectivity index (χ0v) is 21.7. The van der Waals surface area contributed by atoms with Crippen LogP contribution in [0.1, 0.15) is 12.0 Å². The summed E-state index contributed by atoms with van der Waals surface area (Å²) in [5, 5.41) is 3.85. The molecule has 1 unspecified atom stereocenters. The summed E-state index contributed by atoms with van der Waals surface area (Å²) in [5.74, 6) is 0.515. The minimum absolute atomic E-state index is 0.0227. The summed E-state index contributed by atoms with van der Waals surface area (Å²) in [4.78, 5) is 23.5. The van der Waals surface area contributed by atoms with Gasteiger partial charge in [0.25, 0.3) is 0 Å². The van der Waals surface area contributed by atoms with Crippen LogP contribution in [0, 0.1) is 5.82 Å². The second-order valence-corrected chi connectivity index (χ2v) is 9.75. The number of benzene rings is 2. The number of carbonyl (C=O) groups excluding carboxylic acids is 1. The molecule has 1 fully saturated rings. The van der Waals surface area contributed by atoms with E-state index in [2.05, 4.69) is 31.2 Å². The van der Waals surface area contributed by atoms with Crippen LogP contribution in [-0.2, 0) is 16.0 Å². The molecule has 1 aromatic heterocycles. The predicted octanol–water partition coefficient (Wildman–Crippen LogP) is 5.33. The third kappa shape index (κ3) is 6.55. The summed E-state index contributed by atoms with van der Waals surface area (Å²) in [6, 6.07) is 6.74. The summed E-state index contributed by atoms with van der Waals surface area (Å²) in [6.45, 7) is 1.82. The number of carbonyl (C=O) groups is 1. The Kier molecular flexibility index (Phi) is 8.33. The highest BCUT2D eigenvalue weighted by Gasteiger charge is 2.21. The Hall–Kier alpha value is -2.59. The van der Waals surface area contributed by atoms with Gasteiger partial charge in [0, 0.05) is 42.1 Å². The van der Waals surface area contributed by atoms with Crippen LogP contribution in [0.5, 0.6) is 5.75 Å². The van der Waals surface area contributed by atoms with Crippen molar-refractivity contribution in [2.24, 2.45) is 0 Å². The number of nitrogens with zero attached hydrogens (tertiary/aromatic N) is 3. The van der Waals surface area contributed by atoms with Crippen molar-refractivity contribution in [3.63, 3.8) is 0 Å². The Morgan fingerprint density at radius 3 is 2.89 bits per heavy atom. The summed E-state index contributed by atoms with van der Waals surface area (Å²) >= 11 is 9.17. The van der Waals surface area contributed by atoms with Crippen LogP contribution >= 0.6 is 27.5 Å². The Morgan fingerprint density at radius 2 is 2.17 bits per heavy atom. The first kappa shape index (κ1) is 25.5. The number of hydrogen-bond acceptors (Lipinski definition) is 7. The quantitative estimate of drug-likeness (QED) is 0.279. The number of likely N-dealkylation sites (N-methyl/N-ethyl adjacent to an activating group) is 1. The van der Waals surface area contributed by atoms with Gasteiger partial charge in [-0.05, 0) is 54.3 Å². The summed E-state index contributed by atoms with van der Waals surface area (Å²) < 4.78 is 25.8. The average Bonchev–Trinajstić information content (AvgIpc) is 3.31. The first-order valence-corrected chi connectivity index (χ1v) is 12.2. The van der Waals surface area contributed by atoms with Crippen LogP contribution in [0.25, 0.3) is 10.9 Å². The maximum atomic E-state index is 13.9. The largest absolute Gasteiger partial charge is 0.488 e. The van der Waals surface area contributed by atoms with Gasteiger partial charge in [-0.15, -0.1) is 0 Å². The number of allylic oxidation sites excluding steroid dienone is 1. The van der Waals surface area contributed by atoms with Gasteiger partial charge in [-0.3, -0.25) is 4.79 Å². The van der Waals surface area contributed by atoms with E-state index in [1.807, 2.05) is 37.2 Å². The number of rotatable bonds is 9. The van der Waals surface area contributed by atoms with Crippen LogP contribution in [0.2, 0.25) is 5.02 Å². The van der Waals surface area contributed by atoms with E-state index in [0.717, 1.165) is 12.0 Å². The number of fused-ring (bicyclic) bond motifs is 1. The van der Waals surface area contributed by atoms with Crippen molar-refractivity contribution < 1.29 is 18.7 Å². The fraction of sp³-hybridized carbons (Fsp3) is 0.320. The molecule has 1 N–H and O–H groups in total. The maximum Gasteiger partial charge on any atom is 0.159 e.